The number of halogens is 1. The Balaban J connectivity index is 1.85. The lowest BCUT2D eigenvalue weighted by Crippen LogP contribution is -2.87. The molecule has 1 aromatic carbocycles. The van der Waals surface area contributed by atoms with Crippen molar-refractivity contribution in [1.82, 2.24) is 4.90 Å². The van der Waals surface area contributed by atoms with Gasteiger partial charge in [0.05, 0.1) is 18.1 Å². The van der Waals surface area contributed by atoms with Crippen LogP contribution in [-0.4, -0.2) is 95.2 Å². The van der Waals surface area contributed by atoms with Crippen molar-refractivity contribution in [2.24, 2.45) is 16.7 Å². The summed E-state index contributed by atoms with van der Waals surface area (Å²) in [5.74, 6) is -2.40. The zero-order valence-corrected chi connectivity index (χ0v) is 27.5. The molecule has 0 aromatic heterocycles. The number of ketones is 1. The van der Waals surface area contributed by atoms with Gasteiger partial charge in [-0.15, -0.1) is 6.58 Å². The molecule has 4 rings (SSSR count). The molecule has 2 aliphatic carbocycles. The van der Waals surface area contributed by atoms with Crippen LogP contribution in [0.2, 0.25) is 5.02 Å². The minimum Gasteiger partial charge on any atom is -0.482 e. The first kappa shape index (κ1) is 34.4. The van der Waals surface area contributed by atoms with Crippen molar-refractivity contribution in [1.29, 1.82) is 0 Å². The van der Waals surface area contributed by atoms with Gasteiger partial charge in [-0.25, -0.2) is 4.79 Å². The number of benzene rings is 1. The first-order valence-electron chi connectivity index (χ1n) is 15.0. The number of rotatable bonds is 9. The number of aliphatic hydroxyl groups excluding tert-OH is 1. The van der Waals surface area contributed by atoms with Gasteiger partial charge >= 0.3 is 11.9 Å². The number of fused-ring (bicyclic) bond motifs is 3. The Bertz CT molecular complexity index is 1280. The normalized spacial score (nSPS) is 37.8. The van der Waals surface area contributed by atoms with Gasteiger partial charge in [0.1, 0.15) is 17.5 Å². The van der Waals surface area contributed by atoms with Crippen LogP contribution < -0.4 is 4.74 Å². The summed E-state index contributed by atoms with van der Waals surface area (Å²) >= 11 is 5.96. The number of carbonyl (C=O) groups excluding carboxylic acids is 3. The predicted octanol–water partition coefficient (Wildman–Crippen LogP) is 3.74. The first-order chi connectivity index (χ1) is 20.3. The molecule has 0 amide bonds. The van der Waals surface area contributed by atoms with E-state index in [1.165, 1.54) is 13.0 Å². The highest BCUT2D eigenvalue weighted by Gasteiger charge is 2.82. The van der Waals surface area contributed by atoms with Gasteiger partial charge in [-0.3, -0.25) is 9.59 Å². The molecule has 244 valence electrons. The van der Waals surface area contributed by atoms with Gasteiger partial charge in [0.25, 0.3) is 0 Å². The van der Waals surface area contributed by atoms with Crippen LogP contribution in [0.3, 0.4) is 0 Å². The van der Waals surface area contributed by atoms with Crippen molar-refractivity contribution in [2.75, 3.05) is 27.2 Å². The smallest absolute Gasteiger partial charge is 0.344 e. The number of Topliss-reactive ketones (excluding diaryl/α,β-unsaturated/α-hetero) is 1. The Morgan fingerprint density at radius 2 is 1.75 bits per heavy atom. The molecular weight excluding hydrogens is 590 g/mol. The highest BCUT2D eigenvalue weighted by atomic mass is 35.5. The second kappa shape index (κ2) is 12.0. The zero-order chi connectivity index (χ0) is 32.9. The van der Waals surface area contributed by atoms with E-state index in [2.05, 4.69) is 6.58 Å². The van der Waals surface area contributed by atoms with E-state index in [9.17, 15) is 24.6 Å². The van der Waals surface area contributed by atoms with Crippen LogP contribution in [0.1, 0.15) is 60.3 Å². The van der Waals surface area contributed by atoms with Crippen LogP contribution in [-0.2, 0) is 28.6 Å². The summed E-state index contributed by atoms with van der Waals surface area (Å²) in [6.45, 7) is 12.4. The molecule has 2 N–H and O–H groups in total. The Labute approximate surface area is 264 Å². The molecule has 44 heavy (non-hydrogen) atoms. The summed E-state index contributed by atoms with van der Waals surface area (Å²) in [6.07, 6.45) is -1.71. The number of aliphatic hydroxyl groups is 2. The average Bonchev–Trinajstić information content (AvgIpc) is 2.94. The maximum atomic E-state index is 14.2. The number of ether oxygens (including phenoxy) is 4. The lowest BCUT2D eigenvalue weighted by atomic mass is 9.39. The molecule has 10 nitrogen and oxygen atoms in total. The summed E-state index contributed by atoms with van der Waals surface area (Å²) in [5.41, 5.74) is -7.76. The lowest BCUT2D eigenvalue weighted by molar-refractivity contribution is -0.371. The van der Waals surface area contributed by atoms with Crippen LogP contribution in [0.4, 0.5) is 0 Å². The third-order valence-electron chi connectivity index (χ3n) is 10.2. The van der Waals surface area contributed by atoms with E-state index in [1.54, 1.807) is 38.1 Å². The number of hydrogen-bond acceptors (Lipinski definition) is 10. The van der Waals surface area contributed by atoms with Crippen molar-refractivity contribution in [2.45, 2.75) is 95.4 Å². The van der Waals surface area contributed by atoms with Gasteiger partial charge in [-0.1, -0.05) is 38.4 Å². The third-order valence-corrected chi connectivity index (χ3v) is 10.4. The van der Waals surface area contributed by atoms with E-state index in [1.807, 2.05) is 32.8 Å². The van der Waals surface area contributed by atoms with Gasteiger partial charge < -0.3 is 34.1 Å². The Kier molecular flexibility index (Phi) is 9.39. The largest absolute Gasteiger partial charge is 0.482 e. The Hall–Kier alpha value is -2.50. The zero-order valence-electron chi connectivity index (χ0n) is 26.7. The molecule has 0 bridgehead atoms. The number of esters is 2. The van der Waals surface area contributed by atoms with Crippen molar-refractivity contribution in [3.63, 3.8) is 0 Å². The van der Waals surface area contributed by atoms with Crippen LogP contribution >= 0.6 is 11.6 Å². The summed E-state index contributed by atoms with van der Waals surface area (Å²) in [6, 6.07) is 6.42. The van der Waals surface area contributed by atoms with Crippen molar-refractivity contribution in [3.05, 3.63) is 41.9 Å². The monoisotopic (exact) mass is 635 g/mol. The molecule has 0 spiro atoms. The summed E-state index contributed by atoms with van der Waals surface area (Å²) < 4.78 is 24.5. The number of hydrogen-bond donors (Lipinski definition) is 2. The number of carbonyl (C=O) groups is 3. The third kappa shape index (κ3) is 5.68. The van der Waals surface area contributed by atoms with Gasteiger partial charge in [0.15, 0.2) is 24.1 Å². The molecule has 1 saturated heterocycles. The highest BCUT2D eigenvalue weighted by Crippen LogP contribution is 2.67. The Morgan fingerprint density at radius 3 is 2.34 bits per heavy atom. The molecule has 2 saturated carbocycles. The topological polar surface area (TPSA) is 132 Å². The maximum Gasteiger partial charge on any atom is 0.344 e. The molecule has 11 heteroatoms. The molecule has 1 aliphatic heterocycles. The Morgan fingerprint density at radius 1 is 1.11 bits per heavy atom. The summed E-state index contributed by atoms with van der Waals surface area (Å²) in [7, 11) is 3.66. The summed E-state index contributed by atoms with van der Waals surface area (Å²) in [4.78, 5) is 42.9. The molecular formula is C33H46ClNO9. The van der Waals surface area contributed by atoms with Crippen LogP contribution in [0.5, 0.6) is 5.75 Å². The molecule has 3 aliphatic rings. The van der Waals surface area contributed by atoms with Gasteiger partial charge in [0.2, 0.25) is 0 Å². The number of nitrogens with zero attached hydrogens (tertiary/aromatic N) is 1. The van der Waals surface area contributed by atoms with E-state index in [4.69, 9.17) is 30.5 Å². The van der Waals surface area contributed by atoms with Gasteiger partial charge in [0, 0.05) is 29.3 Å². The summed E-state index contributed by atoms with van der Waals surface area (Å²) in [5, 5.41) is 25.0. The fourth-order valence-corrected chi connectivity index (χ4v) is 8.06. The van der Waals surface area contributed by atoms with E-state index in [0.717, 1.165) is 0 Å². The second-order valence-corrected chi connectivity index (χ2v) is 14.4. The van der Waals surface area contributed by atoms with E-state index < -0.39 is 76.2 Å². The minimum atomic E-state index is -2.33. The standard InChI is InChI=1S/C33H46ClNO9/c1-9-30(4)18-23(37)33(40)31(5)22(36)14-16-29(2,3)27(31)26(42-24(38)15-17-35(7)8)28(32(33,6)44-30)43-25(39)19-41-21-12-10-20(34)11-13-21/h9-13,22,26-28,36,40H,1,14-19H2,2-8H3/t22-,26-,27-,28-,30-,31-,32+,33-/m0/s1. The molecule has 1 heterocycles. The van der Waals surface area contributed by atoms with Gasteiger partial charge in [-0.05, 0) is 70.5 Å². The van der Waals surface area contributed by atoms with Crippen LogP contribution in [0.25, 0.3) is 0 Å². The predicted molar refractivity (Wildman–Crippen MR) is 163 cm³/mol. The maximum absolute atomic E-state index is 14.2. The SMILES string of the molecule is C=C[C@@]1(C)CC(=O)[C@]2(O)[C@@]3(C)[C@@H](O)CCC(C)(C)[C@@H]3[C@H](OC(=O)CCN(C)C)[C@H](OC(=O)COc3ccc(Cl)cc3)[C@@]2(C)O1. The molecule has 0 radical (unpaired) electrons. The van der Waals surface area contributed by atoms with Crippen molar-refractivity contribution in [3.8, 4) is 5.75 Å². The second-order valence-electron chi connectivity index (χ2n) is 14.0. The molecule has 1 aromatic rings. The average molecular weight is 636 g/mol. The van der Waals surface area contributed by atoms with Crippen molar-refractivity contribution >= 4 is 29.3 Å². The highest BCUT2D eigenvalue weighted by molar-refractivity contribution is 6.30. The van der Waals surface area contributed by atoms with E-state index in [0.29, 0.717) is 30.2 Å². The fraction of sp³-hybridized carbons (Fsp3) is 0.667. The molecule has 8 atom stereocenters. The van der Waals surface area contributed by atoms with E-state index >= 15 is 0 Å². The van der Waals surface area contributed by atoms with Crippen LogP contribution in [0, 0.1) is 16.7 Å². The van der Waals surface area contributed by atoms with Crippen LogP contribution in [0.15, 0.2) is 36.9 Å². The van der Waals surface area contributed by atoms with Crippen molar-refractivity contribution < 1.29 is 43.5 Å². The van der Waals surface area contributed by atoms with Gasteiger partial charge in [-0.2, -0.15) is 0 Å². The fourth-order valence-electron chi connectivity index (χ4n) is 7.94. The molecule has 3 fully saturated rings. The van der Waals surface area contributed by atoms with E-state index in [-0.39, 0.29) is 12.8 Å². The minimum absolute atomic E-state index is 0.0431. The quantitative estimate of drug-likeness (QED) is 0.306. The molecule has 0 unspecified atom stereocenters. The lowest BCUT2D eigenvalue weighted by Gasteiger charge is -2.71. The first-order valence-corrected chi connectivity index (χ1v) is 15.4.